The Morgan fingerprint density at radius 2 is 2.00 bits per heavy atom. The summed E-state index contributed by atoms with van der Waals surface area (Å²) in [5, 5.41) is 19.5. The standard InChI is InChI=1S/C12H18O3/c1-7-5-10(9(3)13)12(14)11(6-15-4)8(7)2/h5,9,13-14H,6H2,1-4H3. The van der Waals surface area contributed by atoms with Gasteiger partial charge in [-0.25, -0.2) is 0 Å². The summed E-state index contributed by atoms with van der Waals surface area (Å²) in [6.45, 7) is 5.90. The van der Waals surface area contributed by atoms with E-state index in [1.807, 2.05) is 19.9 Å². The van der Waals surface area contributed by atoms with E-state index in [0.29, 0.717) is 12.2 Å². The number of rotatable bonds is 3. The zero-order valence-corrected chi connectivity index (χ0v) is 9.66. The van der Waals surface area contributed by atoms with E-state index in [1.165, 1.54) is 0 Å². The SMILES string of the molecule is COCc1c(C)c(C)cc(C(C)O)c1O. The minimum atomic E-state index is -0.667. The Balaban J connectivity index is 3.35. The summed E-state index contributed by atoms with van der Waals surface area (Å²) in [4.78, 5) is 0. The molecule has 0 amide bonds. The number of hydrogen-bond acceptors (Lipinski definition) is 3. The third kappa shape index (κ3) is 2.30. The Morgan fingerprint density at radius 1 is 1.40 bits per heavy atom. The number of ether oxygens (including phenoxy) is 1. The van der Waals surface area contributed by atoms with E-state index in [-0.39, 0.29) is 5.75 Å². The molecule has 1 rings (SSSR count). The van der Waals surface area contributed by atoms with E-state index in [2.05, 4.69) is 0 Å². The fourth-order valence-corrected chi connectivity index (χ4v) is 1.64. The average molecular weight is 210 g/mol. The first kappa shape index (κ1) is 12.0. The lowest BCUT2D eigenvalue weighted by Crippen LogP contribution is -2.01. The summed E-state index contributed by atoms with van der Waals surface area (Å²) in [5.74, 6) is 0.148. The van der Waals surface area contributed by atoms with Crippen LogP contribution < -0.4 is 0 Å². The van der Waals surface area contributed by atoms with Gasteiger partial charge in [-0.1, -0.05) is 0 Å². The molecule has 84 valence electrons. The quantitative estimate of drug-likeness (QED) is 0.804. The van der Waals surface area contributed by atoms with Crippen molar-refractivity contribution in [1.29, 1.82) is 0 Å². The highest BCUT2D eigenvalue weighted by molar-refractivity contribution is 5.49. The normalized spacial score (nSPS) is 12.9. The molecule has 0 aliphatic heterocycles. The van der Waals surface area contributed by atoms with Crippen molar-refractivity contribution in [3.63, 3.8) is 0 Å². The van der Waals surface area contributed by atoms with E-state index in [4.69, 9.17) is 4.74 Å². The maximum atomic E-state index is 9.96. The van der Waals surface area contributed by atoms with Crippen molar-refractivity contribution >= 4 is 0 Å². The first-order valence-corrected chi connectivity index (χ1v) is 4.98. The summed E-state index contributed by atoms with van der Waals surface area (Å²) < 4.78 is 5.04. The van der Waals surface area contributed by atoms with Crippen LogP contribution in [-0.4, -0.2) is 17.3 Å². The number of aliphatic hydroxyl groups excluding tert-OH is 1. The van der Waals surface area contributed by atoms with Gasteiger partial charge in [-0.2, -0.15) is 0 Å². The van der Waals surface area contributed by atoms with Gasteiger partial charge in [-0.15, -0.1) is 0 Å². The third-order valence-corrected chi connectivity index (χ3v) is 2.71. The molecule has 0 bridgehead atoms. The van der Waals surface area contributed by atoms with Gasteiger partial charge in [0.15, 0.2) is 0 Å². The Labute approximate surface area is 90.3 Å². The molecular weight excluding hydrogens is 192 g/mol. The molecule has 15 heavy (non-hydrogen) atoms. The molecule has 1 aromatic rings. The van der Waals surface area contributed by atoms with Crippen LogP contribution in [0.15, 0.2) is 6.07 Å². The lowest BCUT2D eigenvalue weighted by atomic mass is 9.96. The molecule has 0 fully saturated rings. The average Bonchev–Trinajstić information content (AvgIpc) is 2.18. The van der Waals surface area contributed by atoms with Crippen LogP contribution in [0.25, 0.3) is 0 Å². The second-order valence-corrected chi connectivity index (χ2v) is 3.84. The van der Waals surface area contributed by atoms with Crippen molar-refractivity contribution in [2.24, 2.45) is 0 Å². The molecule has 0 saturated heterocycles. The molecule has 3 heteroatoms. The molecule has 2 N–H and O–H groups in total. The summed E-state index contributed by atoms with van der Waals surface area (Å²) in [6, 6.07) is 1.81. The lowest BCUT2D eigenvalue weighted by Gasteiger charge is -2.16. The smallest absolute Gasteiger partial charge is 0.127 e. The third-order valence-electron chi connectivity index (χ3n) is 2.71. The first-order chi connectivity index (χ1) is 6.99. The number of phenolic OH excluding ortho intramolecular Hbond substituents is 1. The summed E-state index contributed by atoms with van der Waals surface area (Å²) >= 11 is 0. The molecule has 1 atom stereocenters. The van der Waals surface area contributed by atoms with Crippen molar-refractivity contribution < 1.29 is 14.9 Å². The highest BCUT2D eigenvalue weighted by Crippen LogP contribution is 2.32. The fraction of sp³-hybridized carbons (Fsp3) is 0.500. The lowest BCUT2D eigenvalue weighted by molar-refractivity contribution is 0.177. The van der Waals surface area contributed by atoms with Crippen LogP contribution in [0.4, 0.5) is 0 Å². The van der Waals surface area contributed by atoms with Gasteiger partial charge in [0.1, 0.15) is 5.75 Å². The van der Waals surface area contributed by atoms with Crippen molar-refractivity contribution in [3.05, 3.63) is 28.3 Å². The molecular formula is C12H18O3. The van der Waals surface area contributed by atoms with Gasteiger partial charge in [0.05, 0.1) is 12.7 Å². The van der Waals surface area contributed by atoms with Crippen LogP contribution in [0.2, 0.25) is 0 Å². The second-order valence-electron chi connectivity index (χ2n) is 3.84. The highest BCUT2D eigenvalue weighted by atomic mass is 16.5. The number of aromatic hydroxyl groups is 1. The van der Waals surface area contributed by atoms with Gasteiger partial charge in [0, 0.05) is 18.2 Å². The predicted octanol–water partition coefficient (Wildman–Crippen LogP) is 2.21. The van der Waals surface area contributed by atoms with E-state index in [0.717, 1.165) is 16.7 Å². The van der Waals surface area contributed by atoms with Gasteiger partial charge in [0.2, 0.25) is 0 Å². The zero-order chi connectivity index (χ0) is 11.6. The van der Waals surface area contributed by atoms with Crippen LogP contribution >= 0.6 is 0 Å². The number of aryl methyl sites for hydroxylation is 1. The van der Waals surface area contributed by atoms with Crippen molar-refractivity contribution in [2.45, 2.75) is 33.5 Å². The van der Waals surface area contributed by atoms with Gasteiger partial charge >= 0.3 is 0 Å². The minimum Gasteiger partial charge on any atom is -0.507 e. The molecule has 0 aliphatic carbocycles. The molecule has 3 nitrogen and oxygen atoms in total. The molecule has 0 radical (unpaired) electrons. The van der Waals surface area contributed by atoms with E-state index in [1.54, 1.807) is 14.0 Å². The Hall–Kier alpha value is -1.06. The molecule has 0 aliphatic rings. The maximum Gasteiger partial charge on any atom is 0.127 e. The van der Waals surface area contributed by atoms with Crippen LogP contribution in [0.5, 0.6) is 5.75 Å². The van der Waals surface area contributed by atoms with Crippen LogP contribution in [-0.2, 0) is 11.3 Å². The summed E-state index contributed by atoms with van der Waals surface area (Å²) in [6.07, 6.45) is -0.667. The number of hydrogen-bond donors (Lipinski definition) is 2. The molecule has 0 aromatic heterocycles. The molecule has 0 heterocycles. The number of phenols is 1. The predicted molar refractivity (Wildman–Crippen MR) is 58.9 cm³/mol. The van der Waals surface area contributed by atoms with Crippen molar-refractivity contribution in [1.82, 2.24) is 0 Å². The fourth-order valence-electron chi connectivity index (χ4n) is 1.64. The maximum absolute atomic E-state index is 9.96. The monoisotopic (exact) mass is 210 g/mol. The van der Waals surface area contributed by atoms with Crippen molar-refractivity contribution in [3.8, 4) is 5.75 Å². The van der Waals surface area contributed by atoms with Gasteiger partial charge in [-0.3, -0.25) is 0 Å². The minimum absolute atomic E-state index is 0.148. The Morgan fingerprint density at radius 3 is 2.47 bits per heavy atom. The number of aliphatic hydroxyl groups is 1. The largest absolute Gasteiger partial charge is 0.507 e. The summed E-state index contributed by atoms with van der Waals surface area (Å²) in [7, 11) is 1.59. The molecule has 0 saturated carbocycles. The van der Waals surface area contributed by atoms with Crippen molar-refractivity contribution in [2.75, 3.05) is 7.11 Å². The van der Waals surface area contributed by atoms with E-state index < -0.39 is 6.10 Å². The van der Waals surface area contributed by atoms with Crippen LogP contribution in [0.1, 0.15) is 35.3 Å². The Kier molecular flexibility index (Phi) is 3.72. The van der Waals surface area contributed by atoms with Crippen LogP contribution in [0.3, 0.4) is 0 Å². The number of benzene rings is 1. The Bertz CT molecular complexity index is 356. The number of methoxy groups -OCH3 is 1. The van der Waals surface area contributed by atoms with Gasteiger partial charge in [0.25, 0.3) is 0 Å². The second kappa shape index (κ2) is 4.64. The van der Waals surface area contributed by atoms with Crippen LogP contribution in [0, 0.1) is 13.8 Å². The molecule has 1 unspecified atom stereocenters. The molecule has 1 aromatic carbocycles. The first-order valence-electron chi connectivity index (χ1n) is 4.98. The van der Waals surface area contributed by atoms with Gasteiger partial charge < -0.3 is 14.9 Å². The van der Waals surface area contributed by atoms with Gasteiger partial charge in [-0.05, 0) is 38.0 Å². The summed E-state index contributed by atoms with van der Waals surface area (Å²) in [5.41, 5.74) is 3.38. The highest BCUT2D eigenvalue weighted by Gasteiger charge is 2.15. The topological polar surface area (TPSA) is 49.7 Å². The van der Waals surface area contributed by atoms with E-state index in [9.17, 15) is 10.2 Å². The molecule has 0 spiro atoms. The zero-order valence-electron chi connectivity index (χ0n) is 9.66. The van der Waals surface area contributed by atoms with E-state index >= 15 is 0 Å².